The fourth-order valence-corrected chi connectivity index (χ4v) is 1.31. The lowest BCUT2D eigenvalue weighted by Gasteiger charge is -2.18. The molecule has 1 unspecified atom stereocenters. The van der Waals surface area contributed by atoms with Crippen molar-refractivity contribution in [1.29, 1.82) is 0 Å². The molecule has 1 atom stereocenters. The van der Waals surface area contributed by atoms with E-state index < -0.39 is 6.10 Å². The number of carbonyl (C=O) groups excluding carboxylic acids is 1. The van der Waals surface area contributed by atoms with Crippen molar-refractivity contribution in [2.75, 3.05) is 14.1 Å². The summed E-state index contributed by atoms with van der Waals surface area (Å²) in [4.78, 5) is 13.0. The van der Waals surface area contributed by atoms with Gasteiger partial charge in [-0.2, -0.15) is 0 Å². The molecule has 1 amide bonds. The van der Waals surface area contributed by atoms with Gasteiger partial charge in [0.1, 0.15) is 11.6 Å². The Hall–Kier alpha value is -1.58. The molecule has 1 rings (SSSR count). The molecule has 0 aliphatic rings. The fourth-order valence-electron chi connectivity index (χ4n) is 1.31. The van der Waals surface area contributed by atoms with Crippen molar-refractivity contribution in [2.45, 2.75) is 20.0 Å². The van der Waals surface area contributed by atoms with Crippen LogP contribution in [0.1, 0.15) is 12.5 Å². The lowest BCUT2D eigenvalue weighted by molar-refractivity contribution is -0.135. The molecule has 0 aliphatic carbocycles. The van der Waals surface area contributed by atoms with Crippen molar-refractivity contribution >= 4 is 5.91 Å². The summed E-state index contributed by atoms with van der Waals surface area (Å²) in [6.45, 7) is 3.32. The Kier molecular flexibility index (Phi) is 3.88. The Balaban J connectivity index is 2.73. The van der Waals surface area contributed by atoms with E-state index in [1.807, 2.05) is 0 Å². The van der Waals surface area contributed by atoms with E-state index in [0.29, 0.717) is 11.3 Å². The van der Waals surface area contributed by atoms with E-state index in [4.69, 9.17) is 4.74 Å². The molecule has 0 saturated carbocycles. The number of halogens is 1. The zero-order valence-electron chi connectivity index (χ0n) is 9.95. The standard InChI is InChI=1S/C12H16FNO2/c1-8-7-10(5-6-11(8)13)16-9(2)12(15)14(3)4/h5-7,9H,1-4H3. The first-order chi connectivity index (χ1) is 7.41. The van der Waals surface area contributed by atoms with E-state index in [0.717, 1.165) is 0 Å². The molecule has 3 nitrogen and oxygen atoms in total. The van der Waals surface area contributed by atoms with Gasteiger partial charge in [-0.3, -0.25) is 4.79 Å². The maximum absolute atomic E-state index is 13.0. The Bertz CT molecular complexity index is 391. The van der Waals surface area contributed by atoms with Crippen molar-refractivity contribution in [2.24, 2.45) is 0 Å². The van der Waals surface area contributed by atoms with Gasteiger partial charge in [0.25, 0.3) is 5.91 Å². The largest absolute Gasteiger partial charge is 0.481 e. The van der Waals surface area contributed by atoms with Gasteiger partial charge in [-0.05, 0) is 37.6 Å². The van der Waals surface area contributed by atoms with Gasteiger partial charge in [0.05, 0.1) is 0 Å². The van der Waals surface area contributed by atoms with E-state index in [2.05, 4.69) is 0 Å². The van der Waals surface area contributed by atoms with Crippen LogP contribution in [0.15, 0.2) is 18.2 Å². The summed E-state index contributed by atoms with van der Waals surface area (Å²) >= 11 is 0. The first kappa shape index (κ1) is 12.5. The zero-order chi connectivity index (χ0) is 12.3. The lowest BCUT2D eigenvalue weighted by Crippen LogP contribution is -2.35. The second-order valence-electron chi connectivity index (χ2n) is 3.90. The third kappa shape index (κ3) is 2.95. The highest BCUT2D eigenvalue weighted by Crippen LogP contribution is 2.17. The van der Waals surface area contributed by atoms with E-state index in [1.54, 1.807) is 34.0 Å². The highest BCUT2D eigenvalue weighted by atomic mass is 19.1. The summed E-state index contributed by atoms with van der Waals surface area (Å²) in [7, 11) is 3.33. The maximum atomic E-state index is 13.0. The molecule has 88 valence electrons. The zero-order valence-corrected chi connectivity index (χ0v) is 9.95. The molecular weight excluding hydrogens is 209 g/mol. The molecule has 0 bridgehead atoms. The third-order valence-corrected chi connectivity index (χ3v) is 2.23. The van der Waals surface area contributed by atoms with Gasteiger partial charge < -0.3 is 9.64 Å². The normalized spacial score (nSPS) is 12.1. The summed E-state index contributed by atoms with van der Waals surface area (Å²) < 4.78 is 18.4. The third-order valence-electron chi connectivity index (χ3n) is 2.23. The first-order valence-corrected chi connectivity index (χ1v) is 5.06. The molecule has 1 aromatic rings. The Morgan fingerprint density at radius 2 is 2.06 bits per heavy atom. The number of aryl methyl sites for hydroxylation is 1. The van der Waals surface area contributed by atoms with E-state index >= 15 is 0 Å². The lowest BCUT2D eigenvalue weighted by atomic mass is 10.2. The van der Waals surface area contributed by atoms with Crippen LogP contribution in [0.2, 0.25) is 0 Å². The number of ether oxygens (including phenoxy) is 1. The molecule has 4 heteroatoms. The first-order valence-electron chi connectivity index (χ1n) is 5.06. The highest BCUT2D eigenvalue weighted by molar-refractivity contribution is 5.80. The predicted molar refractivity (Wildman–Crippen MR) is 59.9 cm³/mol. The van der Waals surface area contributed by atoms with Crippen LogP contribution in [-0.2, 0) is 4.79 Å². The number of hydrogen-bond donors (Lipinski definition) is 0. The van der Waals surface area contributed by atoms with Gasteiger partial charge in [-0.15, -0.1) is 0 Å². The molecule has 0 spiro atoms. The van der Waals surface area contributed by atoms with Crippen molar-refractivity contribution in [1.82, 2.24) is 4.90 Å². The number of rotatable bonds is 3. The Morgan fingerprint density at radius 1 is 1.44 bits per heavy atom. The smallest absolute Gasteiger partial charge is 0.262 e. The number of hydrogen-bond acceptors (Lipinski definition) is 2. The molecule has 0 heterocycles. The molecular formula is C12H16FNO2. The Labute approximate surface area is 94.8 Å². The summed E-state index contributed by atoms with van der Waals surface area (Å²) in [5, 5.41) is 0. The molecule has 16 heavy (non-hydrogen) atoms. The second kappa shape index (κ2) is 4.96. The average molecular weight is 225 g/mol. The number of amides is 1. The number of nitrogens with zero attached hydrogens (tertiary/aromatic N) is 1. The van der Waals surface area contributed by atoms with Crippen LogP contribution in [0.5, 0.6) is 5.75 Å². The van der Waals surface area contributed by atoms with Crippen molar-refractivity contribution < 1.29 is 13.9 Å². The van der Waals surface area contributed by atoms with E-state index in [-0.39, 0.29) is 11.7 Å². The minimum Gasteiger partial charge on any atom is -0.481 e. The van der Waals surface area contributed by atoms with Crippen LogP contribution in [0.3, 0.4) is 0 Å². The van der Waals surface area contributed by atoms with Gasteiger partial charge in [0, 0.05) is 14.1 Å². The molecule has 0 radical (unpaired) electrons. The maximum Gasteiger partial charge on any atom is 0.262 e. The molecule has 1 aromatic carbocycles. The quantitative estimate of drug-likeness (QED) is 0.787. The van der Waals surface area contributed by atoms with Crippen LogP contribution < -0.4 is 4.74 Å². The fraction of sp³-hybridized carbons (Fsp3) is 0.417. The Morgan fingerprint density at radius 3 is 2.56 bits per heavy atom. The minimum absolute atomic E-state index is 0.123. The van der Waals surface area contributed by atoms with E-state index in [1.165, 1.54) is 17.0 Å². The van der Waals surface area contributed by atoms with Crippen LogP contribution >= 0.6 is 0 Å². The molecule has 0 aromatic heterocycles. The summed E-state index contributed by atoms with van der Waals surface area (Å²) in [5.41, 5.74) is 0.502. The summed E-state index contributed by atoms with van der Waals surface area (Å²) in [5.74, 6) is 0.0996. The molecule has 0 N–H and O–H groups in total. The van der Waals surface area contributed by atoms with Gasteiger partial charge >= 0.3 is 0 Å². The highest BCUT2D eigenvalue weighted by Gasteiger charge is 2.16. The number of likely N-dealkylation sites (N-methyl/N-ethyl adjacent to an activating group) is 1. The molecule has 0 aliphatic heterocycles. The van der Waals surface area contributed by atoms with Gasteiger partial charge in [-0.25, -0.2) is 4.39 Å². The monoisotopic (exact) mass is 225 g/mol. The summed E-state index contributed by atoms with van der Waals surface area (Å²) in [6, 6.07) is 4.42. The minimum atomic E-state index is -0.570. The number of carbonyl (C=O) groups is 1. The van der Waals surface area contributed by atoms with Gasteiger partial charge in [0.15, 0.2) is 6.10 Å². The SMILES string of the molecule is Cc1cc(OC(C)C(=O)N(C)C)ccc1F. The summed E-state index contributed by atoms with van der Waals surface area (Å²) in [6.07, 6.45) is -0.570. The van der Waals surface area contributed by atoms with Crippen LogP contribution in [0.25, 0.3) is 0 Å². The number of benzene rings is 1. The molecule has 0 saturated heterocycles. The van der Waals surface area contributed by atoms with Crippen molar-refractivity contribution in [3.8, 4) is 5.75 Å². The topological polar surface area (TPSA) is 29.5 Å². The van der Waals surface area contributed by atoms with Crippen LogP contribution in [-0.4, -0.2) is 31.0 Å². The van der Waals surface area contributed by atoms with Crippen LogP contribution in [0.4, 0.5) is 4.39 Å². The average Bonchev–Trinajstić information content (AvgIpc) is 2.22. The van der Waals surface area contributed by atoms with E-state index in [9.17, 15) is 9.18 Å². The van der Waals surface area contributed by atoms with Crippen LogP contribution in [0, 0.1) is 12.7 Å². The van der Waals surface area contributed by atoms with Gasteiger partial charge in [0.2, 0.25) is 0 Å². The second-order valence-corrected chi connectivity index (χ2v) is 3.90. The predicted octanol–water partition coefficient (Wildman–Crippen LogP) is 1.99. The van der Waals surface area contributed by atoms with Gasteiger partial charge in [-0.1, -0.05) is 0 Å². The van der Waals surface area contributed by atoms with Crippen molar-refractivity contribution in [3.05, 3.63) is 29.6 Å². The molecule has 0 fully saturated rings. The van der Waals surface area contributed by atoms with Crippen molar-refractivity contribution in [3.63, 3.8) is 0 Å².